The molecule has 4 rings (SSSR count). The highest BCUT2D eigenvalue weighted by atomic mass is 16.3. The van der Waals surface area contributed by atoms with Crippen molar-refractivity contribution < 1.29 is 5.11 Å². The first-order valence-corrected chi connectivity index (χ1v) is 8.04. The Morgan fingerprint density at radius 1 is 1.12 bits per heavy atom. The number of aliphatic hydroxyl groups is 1. The Morgan fingerprint density at radius 3 is 2.79 bits per heavy atom. The van der Waals surface area contributed by atoms with Gasteiger partial charge < -0.3 is 10.1 Å². The maximum atomic E-state index is 9.95. The lowest BCUT2D eigenvalue weighted by molar-refractivity contribution is 0.169. The van der Waals surface area contributed by atoms with Crippen LogP contribution in [0.5, 0.6) is 0 Å². The van der Waals surface area contributed by atoms with Crippen molar-refractivity contribution in [1.29, 1.82) is 0 Å². The average molecular weight is 318 g/mol. The van der Waals surface area contributed by atoms with Crippen molar-refractivity contribution in [2.24, 2.45) is 0 Å². The highest BCUT2D eigenvalue weighted by Gasteiger charge is 2.11. The Labute approximate surface area is 139 Å². The number of aromatic nitrogens is 4. The van der Waals surface area contributed by atoms with Crippen molar-refractivity contribution in [2.45, 2.75) is 26.4 Å². The Hall–Kier alpha value is -2.79. The van der Waals surface area contributed by atoms with Gasteiger partial charge in [-0.2, -0.15) is 0 Å². The third-order valence-electron chi connectivity index (χ3n) is 4.43. The molecule has 120 valence electrons. The van der Waals surface area contributed by atoms with Gasteiger partial charge in [-0.3, -0.25) is 4.98 Å². The summed E-state index contributed by atoms with van der Waals surface area (Å²) in [6, 6.07) is 6.00. The van der Waals surface area contributed by atoms with Crippen molar-refractivity contribution in [3.63, 3.8) is 0 Å². The molecular formula is C19H18N4O. The number of hydrogen-bond acceptors (Lipinski definition) is 4. The lowest BCUT2D eigenvalue weighted by atomic mass is 10.0. The molecule has 0 saturated carbocycles. The van der Waals surface area contributed by atoms with Crippen LogP contribution in [0.25, 0.3) is 33.1 Å². The SMILES string of the molecule is CC[C@H](O)c1cc(C)c(-c2cc3cnc4nccc4c3c[nH]2)cn1. The van der Waals surface area contributed by atoms with Gasteiger partial charge in [-0.05, 0) is 37.1 Å². The molecule has 0 saturated heterocycles. The number of aromatic amines is 1. The minimum absolute atomic E-state index is 0.513. The number of nitrogens with zero attached hydrogens (tertiary/aromatic N) is 3. The van der Waals surface area contributed by atoms with E-state index in [1.807, 2.05) is 44.6 Å². The summed E-state index contributed by atoms with van der Waals surface area (Å²) in [5.41, 5.74) is 4.55. The Morgan fingerprint density at radius 2 is 2.00 bits per heavy atom. The second kappa shape index (κ2) is 5.69. The molecule has 0 aliphatic carbocycles. The predicted molar refractivity (Wildman–Crippen MR) is 94.6 cm³/mol. The smallest absolute Gasteiger partial charge is 0.159 e. The van der Waals surface area contributed by atoms with E-state index in [-0.39, 0.29) is 0 Å². The largest absolute Gasteiger partial charge is 0.387 e. The fourth-order valence-electron chi connectivity index (χ4n) is 3.03. The van der Waals surface area contributed by atoms with Gasteiger partial charge in [0.05, 0.1) is 11.8 Å². The van der Waals surface area contributed by atoms with Crippen molar-refractivity contribution in [3.8, 4) is 11.3 Å². The monoisotopic (exact) mass is 318 g/mol. The van der Waals surface area contributed by atoms with Crippen molar-refractivity contribution in [1.82, 2.24) is 19.9 Å². The maximum Gasteiger partial charge on any atom is 0.159 e. The minimum Gasteiger partial charge on any atom is -0.387 e. The molecule has 4 aromatic heterocycles. The van der Waals surface area contributed by atoms with Gasteiger partial charge in [0, 0.05) is 52.2 Å². The summed E-state index contributed by atoms with van der Waals surface area (Å²) in [6.45, 7) is 3.97. The van der Waals surface area contributed by atoms with Gasteiger partial charge in [-0.1, -0.05) is 6.92 Å². The van der Waals surface area contributed by atoms with Gasteiger partial charge >= 0.3 is 0 Å². The molecule has 0 bridgehead atoms. The average Bonchev–Trinajstić information content (AvgIpc) is 3.09. The minimum atomic E-state index is -0.513. The van der Waals surface area contributed by atoms with Gasteiger partial charge in [0.2, 0.25) is 0 Å². The molecule has 0 amide bonds. The zero-order chi connectivity index (χ0) is 16.7. The molecule has 5 heteroatoms. The molecule has 5 nitrogen and oxygen atoms in total. The lowest BCUT2D eigenvalue weighted by Crippen LogP contribution is -2.00. The van der Waals surface area contributed by atoms with Crippen LogP contribution in [0.1, 0.15) is 30.7 Å². The number of fused-ring (bicyclic) bond motifs is 3. The Kier molecular flexibility index (Phi) is 3.50. The van der Waals surface area contributed by atoms with Gasteiger partial charge in [0.1, 0.15) is 0 Å². The molecule has 0 aliphatic heterocycles. The Balaban J connectivity index is 1.83. The molecule has 24 heavy (non-hydrogen) atoms. The third-order valence-corrected chi connectivity index (χ3v) is 4.43. The van der Waals surface area contributed by atoms with Gasteiger partial charge in [0.15, 0.2) is 5.65 Å². The summed E-state index contributed by atoms with van der Waals surface area (Å²) in [4.78, 5) is 16.4. The normalized spacial score (nSPS) is 12.8. The van der Waals surface area contributed by atoms with Crippen LogP contribution in [-0.4, -0.2) is 25.0 Å². The number of nitrogens with one attached hydrogen (secondary N) is 1. The molecule has 0 unspecified atom stereocenters. The van der Waals surface area contributed by atoms with Crippen LogP contribution in [0.4, 0.5) is 0 Å². The number of rotatable bonds is 3. The zero-order valence-corrected chi connectivity index (χ0v) is 13.6. The second-order valence-corrected chi connectivity index (χ2v) is 6.00. The van der Waals surface area contributed by atoms with Gasteiger partial charge in [-0.25, -0.2) is 9.97 Å². The third kappa shape index (κ3) is 2.34. The first-order chi connectivity index (χ1) is 11.7. The highest BCUT2D eigenvalue weighted by molar-refractivity contribution is 6.04. The van der Waals surface area contributed by atoms with E-state index in [0.29, 0.717) is 12.1 Å². The van der Waals surface area contributed by atoms with E-state index in [9.17, 15) is 5.11 Å². The summed E-state index contributed by atoms with van der Waals surface area (Å²) >= 11 is 0. The van der Waals surface area contributed by atoms with E-state index in [1.165, 1.54) is 0 Å². The van der Waals surface area contributed by atoms with Crippen LogP contribution in [-0.2, 0) is 0 Å². The number of hydrogen-bond donors (Lipinski definition) is 2. The summed E-state index contributed by atoms with van der Waals surface area (Å²) < 4.78 is 0. The van der Waals surface area contributed by atoms with E-state index in [4.69, 9.17) is 0 Å². The van der Waals surface area contributed by atoms with Gasteiger partial charge in [0.25, 0.3) is 0 Å². The summed E-state index contributed by atoms with van der Waals surface area (Å²) in [5.74, 6) is 0. The standard InChI is InChI=1S/C19H18N4O/c1-3-18(24)17-6-11(2)14(9-22-17)16-7-12-8-23-19-13(4-5-20-19)15(12)10-21-16/h4-10,18,21,24H,3H2,1-2H3/t18-/m0/s1. The van der Waals surface area contributed by atoms with Crippen LogP contribution < -0.4 is 0 Å². The molecular weight excluding hydrogens is 300 g/mol. The number of aryl methyl sites for hydroxylation is 1. The van der Waals surface area contributed by atoms with Crippen molar-refractivity contribution in [2.75, 3.05) is 0 Å². The molecule has 0 aromatic carbocycles. The molecule has 0 spiro atoms. The number of H-pyrrole nitrogens is 1. The van der Waals surface area contributed by atoms with Crippen LogP contribution in [0.2, 0.25) is 0 Å². The molecule has 0 radical (unpaired) electrons. The second-order valence-electron chi connectivity index (χ2n) is 6.00. The highest BCUT2D eigenvalue weighted by Crippen LogP contribution is 2.28. The van der Waals surface area contributed by atoms with E-state index in [1.54, 1.807) is 6.20 Å². The van der Waals surface area contributed by atoms with Gasteiger partial charge in [-0.15, -0.1) is 0 Å². The van der Waals surface area contributed by atoms with Crippen molar-refractivity contribution in [3.05, 3.63) is 54.2 Å². The molecule has 2 N–H and O–H groups in total. The van der Waals surface area contributed by atoms with Crippen LogP contribution >= 0.6 is 0 Å². The Bertz CT molecular complexity index is 1040. The topological polar surface area (TPSA) is 74.7 Å². The fourth-order valence-corrected chi connectivity index (χ4v) is 3.03. The van der Waals surface area contributed by atoms with E-state index >= 15 is 0 Å². The zero-order valence-electron chi connectivity index (χ0n) is 13.6. The maximum absolute atomic E-state index is 9.95. The van der Waals surface area contributed by atoms with E-state index in [2.05, 4.69) is 26.0 Å². The number of pyridine rings is 3. The molecule has 1 atom stereocenters. The quantitative estimate of drug-likeness (QED) is 0.600. The summed E-state index contributed by atoms with van der Waals surface area (Å²) in [7, 11) is 0. The molecule has 0 aliphatic rings. The molecule has 4 heterocycles. The first-order valence-electron chi connectivity index (χ1n) is 8.04. The van der Waals surface area contributed by atoms with E-state index < -0.39 is 6.10 Å². The van der Waals surface area contributed by atoms with Crippen molar-refractivity contribution >= 4 is 21.8 Å². The van der Waals surface area contributed by atoms with Crippen LogP contribution in [0.15, 0.2) is 43.0 Å². The lowest BCUT2D eigenvalue weighted by Gasteiger charge is -2.12. The first kappa shape index (κ1) is 14.8. The van der Waals surface area contributed by atoms with Crippen LogP contribution in [0.3, 0.4) is 0 Å². The molecule has 0 fully saturated rings. The number of aliphatic hydroxyl groups excluding tert-OH is 1. The summed E-state index contributed by atoms with van der Waals surface area (Å²) in [5, 5.41) is 13.2. The molecule has 4 aromatic rings. The predicted octanol–water partition coefficient (Wildman–Crippen LogP) is 3.92. The summed E-state index contributed by atoms with van der Waals surface area (Å²) in [6.07, 6.45) is 7.57. The van der Waals surface area contributed by atoms with Crippen LogP contribution in [0, 0.1) is 6.92 Å². The van der Waals surface area contributed by atoms with E-state index in [0.717, 1.165) is 38.6 Å². The fraction of sp³-hybridized carbons (Fsp3) is 0.211.